The van der Waals surface area contributed by atoms with E-state index in [9.17, 15) is 4.79 Å². The van der Waals surface area contributed by atoms with E-state index in [1.165, 1.54) is 0 Å². The molecule has 3 aromatic rings. The molecule has 0 aromatic heterocycles. The Labute approximate surface area is 162 Å². The van der Waals surface area contributed by atoms with Gasteiger partial charge >= 0.3 is 0 Å². The molecule has 0 saturated heterocycles. The minimum absolute atomic E-state index is 0.149. The van der Waals surface area contributed by atoms with Crippen LogP contribution in [-0.4, -0.2) is 19.6 Å². The summed E-state index contributed by atoms with van der Waals surface area (Å²) in [6, 6.07) is 21.3. The second-order valence-corrected chi connectivity index (χ2v) is 6.00. The van der Waals surface area contributed by atoms with E-state index in [4.69, 9.17) is 25.8 Å². The number of ether oxygens (including phenoxy) is 3. The Morgan fingerprint density at radius 1 is 0.926 bits per heavy atom. The summed E-state index contributed by atoms with van der Waals surface area (Å²) in [6.45, 7) is -0.149. The molecule has 0 bridgehead atoms. The summed E-state index contributed by atoms with van der Waals surface area (Å²) in [4.78, 5) is 12.3. The van der Waals surface area contributed by atoms with Crippen molar-refractivity contribution >= 4 is 23.2 Å². The highest BCUT2D eigenvalue weighted by Crippen LogP contribution is 2.32. The van der Waals surface area contributed by atoms with E-state index < -0.39 is 0 Å². The van der Waals surface area contributed by atoms with Gasteiger partial charge in [-0.3, -0.25) is 4.79 Å². The SMILES string of the molecule is COc1ccc(OCC(=O)Nc2cc(Cl)ccc2Oc2ccccc2)cc1. The van der Waals surface area contributed by atoms with Crippen molar-refractivity contribution in [2.24, 2.45) is 0 Å². The van der Waals surface area contributed by atoms with Crippen molar-refractivity contribution in [2.45, 2.75) is 0 Å². The highest BCUT2D eigenvalue weighted by atomic mass is 35.5. The van der Waals surface area contributed by atoms with Crippen LogP contribution in [0.5, 0.6) is 23.0 Å². The molecule has 5 nitrogen and oxygen atoms in total. The molecule has 3 rings (SSSR count). The topological polar surface area (TPSA) is 56.8 Å². The molecule has 0 atom stereocenters. The Morgan fingerprint density at radius 2 is 1.63 bits per heavy atom. The van der Waals surface area contributed by atoms with Crippen molar-refractivity contribution in [3.05, 3.63) is 77.8 Å². The summed E-state index contributed by atoms with van der Waals surface area (Å²) >= 11 is 6.05. The lowest BCUT2D eigenvalue weighted by atomic mass is 10.2. The van der Waals surface area contributed by atoms with Gasteiger partial charge in [0, 0.05) is 5.02 Å². The van der Waals surface area contributed by atoms with Crippen LogP contribution in [-0.2, 0) is 4.79 Å². The van der Waals surface area contributed by atoms with Gasteiger partial charge < -0.3 is 19.5 Å². The Kier molecular flexibility index (Phi) is 6.18. The second-order valence-electron chi connectivity index (χ2n) is 5.57. The first-order valence-corrected chi connectivity index (χ1v) is 8.61. The minimum atomic E-state index is -0.328. The lowest BCUT2D eigenvalue weighted by molar-refractivity contribution is -0.118. The van der Waals surface area contributed by atoms with Crippen LogP contribution in [0, 0.1) is 0 Å². The first-order valence-electron chi connectivity index (χ1n) is 8.23. The van der Waals surface area contributed by atoms with Gasteiger partial charge in [-0.2, -0.15) is 0 Å². The third-order valence-corrected chi connectivity index (χ3v) is 3.85. The van der Waals surface area contributed by atoms with Crippen LogP contribution in [0.3, 0.4) is 0 Å². The van der Waals surface area contributed by atoms with Gasteiger partial charge in [0.25, 0.3) is 5.91 Å². The number of carbonyl (C=O) groups excluding carboxylic acids is 1. The first kappa shape index (κ1) is 18.6. The number of hydrogen-bond donors (Lipinski definition) is 1. The standard InChI is InChI=1S/C21H18ClNO4/c1-25-16-8-10-17(11-9-16)26-14-21(24)23-19-13-15(22)7-12-20(19)27-18-5-3-2-4-6-18/h2-13H,14H2,1H3,(H,23,24). The number of anilines is 1. The van der Waals surface area contributed by atoms with Crippen molar-refractivity contribution < 1.29 is 19.0 Å². The molecule has 1 amide bonds. The maximum Gasteiger partial charge on any atom is 0.262 e. The van der Waals surface area contributed by atoms with E-state index >= 15 is 0 Å². The molecule has 0 aliphatic carbocycles. The Hall–Kier alpha value is -3.18. The van der Waals surface area contributed by atoms with E-state index in [2.05, 4.69) is 5.32 Å². The molecule has 0 radical (unpaired) electrons. The number of methoxy groups -OCH3 is 1. The summed E-state index contributed by atoms with van der Waals surface area (Å²) in [6.07, 6.45) is 0. The molecule has 138 valence electrons. The fraction of sp³-hybridized carbons (Fsp3) is 0.0952. The number of benzene rings is 3. The van der Waals surface area contributed by atoms with Crippen LogP contribution < -0.4 is 19.5 Å². The van der Waals surface area contributed by atoms with Gasteiger partial charge in [0.1, 0.15) is 17.2 Å². The van der Waals surface area contributed by atoms with E-state index in [-0.39, 0.29) is 12.5 Å². The molecule has 6 heteroatoms. The molecule has 0 aliphatic rings. The van der Waals surface area contributed by atoms with Crippen molar-refractivity contribution in [3.63, 3.8) is 0 Å². The number of hydrogen-bond acceptors (Lipinski definition) is 4. The van der Waals surface area contributed by atoms with Crippen molar-refractivity contribution in [1.82, 2.24) is 0 Å². The first-order chi connectivity index (χ1) is 13.1. The molecule has 0 unspecified atom stereocenters. The van der Waals surface area contributed by atoms with Crippen LogP contribution in [0.15, 0.2) is 72.8 Å². The molecular formula is C21H18ClNO4. The van der Waals surface area contributed by atoms with Crippen LogP contribution in [0.1, 0.15) is 0 Å². The third-order valence-electron chi connectivity index (χ3n) is 3.62. The van der Waals surface area contributed by atoms with Gasteiger partial charge in [-0.1, -0.05) is 29.8 Å². The Bertz CT molecular complexity index is 898. The van der Waals surface area contributed by atoms with Crippen LogP contribution >= 0.6 is 11.6 Å². The second kappa shape index (κ2) is 8.96. The fourth-order valence-corrected chi connectivity index (χ4v) is 2.48. The smallest absolute Gasteiger partial charge is 0.262 e. The molecule has 1 N–H and O–H groups in total. The predicted molar refractivity (Wildman–Crippen MR) is 105 cm³/mol. The summed E-state index contributed by atoms with van der Waals surface area (Å²) in [5.74, 6) is 2.10. The van der Waals surface area contributed by atoms with E-state index in [1.54, 1.807) is 49.6 Å². The summed E-state index contributed by atoms with van der Waals surface area (Å²) < 4.78 is 16.4. The van der Waals surface area contributed by atoms with Gasteiger partial charge in [-0.25, -0.2) is 0 Å². The zero-order valence-electron chi connectivity index (χ0n) is 14.6. The summed E-state index contributed by atoms with van der Waals surface area (Å²) in [5.41, 5.74) is 0.467. The average molecular weight is 384 g/mol. The monoisotopic (exact) mass is 383 g/mol. The van der Waals surface area contributed by atoms with E-state index in [0.29, 0.717) is 33.7 Å². The maximum atomic E-state index is 12.3. The molecule has 27 heavy (non-hydrogen) atoms. The number of halogens is 1. The highest BCUT2D eigenvalue weighted by molar-refractivity contribution is 6.31. The Balaban J connectivity index is 1.64. The van der Waals surface area contributed by atoms with Gasteiger partial charge in [-0.05, 0) is 54.6 Å². The van der Waals surface area contributed by atoms with E-state index in [1.807, 2.05) is 30.3 Å². The lowest BCUT2D eigenvalue weighted by Gasteiger charge is -2.13. The lowest BCUT2D eigenvalue weighted by Crippen LogP contribution is -2.20. The van der Waals surface area contributed by atoms with Crippen LogP contribution in [0.4, 0.5) is 5.69 Å². The highest BCUT2D eigenvalue weighted by Gasteiger charge is 2.11. The number of carbonyl (C=O) groups is 1. The zero-order valence-corrected chi connectivity index (χ0v) is 15.4. The number of rotatable bonds is 7. The third kappa shape index (κ3) is 5.39. The Morgan fingerprint density at radius 3 is 2.33 bits per heavy atom. The molecule has 0 saturated carbocycles. The minimum Gasteiger partial charge on any atom is -0.497 e. The molecule has 0 heterocycles. The fourth-order valence-electron chi connectivity index (χ4n) is 2.31. The quantitative estimate of drug-likeness (QED) is 0.612. The maximum absolute atomic E-state index is 12.3. The van der Waals surface area contributed by atoms with Gasteiger partial charge in [-0.15, -0.1) is 0 Å². The van der Waals surface area contributed by atoms with Crippen molar-refractivity contribution in [2.75, 3.05) is 19.0 Å². The normalized spacial score (nSPS) is 10.1. The predicted octanol–water partition coefficient (Wildman–Crippen LogP) is 5.16. The molecule has 0 fully saturated rings. The van der Waals surface area contributed by atoms with Crippen molar-refractivity contribution in [3.8, 4) is 23.0 Å². The van der Waals surface area contributed by atoms with Crippen LogP contribution in [0.25, 0.3) is 0 Å². The molecule has 0 spiro atoms. The van der Waals surface area contributed by atoms with Gasteiger partial charge in [0.05, 0.1) is 12.8 Å². The number of nitrogens with one attached hydrogen (secondary N) is 1. The number of amides is 1. The van der Waals surface area contributed by atoms with Crippen LogP contribution in [0.2, 0.25) is 5.02 Å². The van der Waals surface area contributed by atoms with Gasteiger partial charge in [0.15, 0.2) is 12.4 Å². The number of para-hydroxylation sites is 1. The molecule has 0 aliphatic heterocycles. The van der Waals surface area contributed by atoms with Crippen molar-refractivity contribution in [1.29, 1.82) is 0 Å². The largest absolute Gasteiger partial charge is 0.497 e. The summed E-state index contributed by atoms with van der Waals surface area (Å²) in [5, 5.41) is 3.25. The van der Waals surface area contributed by atoms with Gasteiger partial charge in [0.2, 0.25) is 0 Å². The summed E-state index contributed by atoms with van der Waals surface area (Å²) in [7, 11) is 1.59. The molecule has 3 aromatic carbocycles. The average Bonchev–Trinajstić information content (AvgIpc) is 2.70. The zero-order chi connectivity index (χ0) is 19.1. The van der Waals surface area contributed by atoms with E-state index in [0.717, 1.165) is 0 Å². The molecular weight excluding hydrogens is 366 g/mol.